The Balaban J connectivity index is 1.38. The molecule has 0 radical (unpaired) electrons. The smallest absolute Gasteiger partial charge is 0.253 e. The van der Waals surface area contributed by atoms with Crippen molar-refractivity contribution in [2.45, 2.75) is 76.3 Å². The van der Waals surface area contributed by atoms with E-state index < -0.39 is 0 Å². The van der Waals surface area contributed by atoms with Crippen LogP contribution in [0, 0.1) is 11.7 Å². The second kappa shape index (κ2) is 8.62. The first-order valence-electron chi connectivity index (χ1n) is 11.0. The number of likely N-dealkylation sites (tertiary alicyclic amines) is 1. The minimum atomic E-state index is -0.334. The molecule has 4 rings (SSSR count). The number of halogens is 1. The average molecular weight is 387 g/mol. The van der Waals surface area contributed by atoms with Crippen LogP contribution in [0.1, 0.15) is 74.6 Å². The zero-order valence-electron chi connectivity index (χ0n) is 16.6. The number of hydrogen-bond acceptors (Lipinski definition) is 2. The van der Waals surface area contributed by atoms with E-state index in [0.717, 1.165) is 38.5 Å². The van der Waals surface area contributed by atoms with E-state index >= 15 is 0 Å². The lowest BCUT2D eigenvalue weighted by Gasteiger charge is -2.39. The summed E-state index contributed by atoms with van der Waals surface area (Å²) in [5.41, 5.74) is 0.518. The molecule has 2 saturated carbocycles. The summed E-state index contributed by atoms with van der Waals surface area (Å²) in [7, 11) is 0. The van der Waals surface area contributed by atoms with Gasteiger partial charge in [-0.15, -0.1) is 0 Å². The van der Waals surface area contributed by atoms with E-state index in [1.807, 2.05) is 4.90 Å². The summed E-state index contributed by atoms with van der Waals surface area (Å²) in [6.45, 7) is 1.21. The standard InChI is InChI=1S/C23H31FN2O2/c24-19-11-9-17(10-12-19)22(27)25-15-13-18(14-16-25)23(28)26(20-5-1-2-6-20)21-7-3-4-8-21/h9-12,18,20-21H,1-8,13-16H2. The fourth-order valence-corrected chi connectivity index (χ4v) is 5.34. The van der Waals surface area contributed by atoms with Gasteiger partial charge in [-0.1, -0.05) is 25.7 Å². The molecule has 2 amide bonds. The third-order valence-corrected chi connectivity index (χ3v) is 6.91. The highest BCUT2D eigenvalue weighted by Gasteiger charge is 2.38. The highest BCUT2D eigenvalue weighted by Crippen LogP contribution is 2.34. The molecule has 152 valence electrons. The zero-order valence-corrected chi connectivity index (χ0v) is 16.6. The van der Waals surface area contributed by atoms with Crippen molar-refractivity contribution < 1.29 is 14.0 Å². The van der Waals surface area contributed by atoms with E-state index in [1.165, 1.54) is 49.9 Å². The first kappa shape index (κ1) is 19.4. The van der Waals surface area contributed by atoms with E-state index in [4.69, 9.17) is 0 Å². The van der Waals surface area contributed by atoms with Crippen molar-refractivity contribution in [1.29, 1.82) is 0 Å². The quantitative estimate of drug-likeness (QED) is 0.770. The van der Waals surface area contributed by atoms with Gasteiger partial charge in [-0.05, 0) is 62.8 Å². The van der Waals surface area contributed by atoms with Crippen molar-refractivity contribution in [1.82, 2.24) is 9.80 Å². The maximum atomic E-state index is 13.4. The minimum Gasteiger partial charge on any atom is -0.339 e. The molecule has 28 heavy (non-hydrogen) atoms. The Morgan fingerprint density at radius 3 is 1.82 bits per heavy atom. The van der Waals surface area contributed by atoms with Crippen LogP contribution in [0.5, 0.6) is 0 Å². The van der Waals surface area contributed by atoms with Crippen molar-refractivity contribution in [3.8, 4) is 0 Å². The summed E-state index contributed by atoms with van der Waals surface area (Å²) in [5.74, 6) is -0.0136. The predicted octanol–water partition coefficient (Wildman–Crippen LogP) is 4.39. The van der Waals surface area contributed by atoms with Crippen molar-refractivity contribution in [2.75, 3.05) is 13.1 Å². The zero-order chi connectivity index (χ0) is 19.5. The van der Waals surface area contributed by atoms with Gasteiger partial charge in [-0.3, -0.25) is 9.59 Å². The lowest BCUT2D eigenvalue weighted by atomic mass is 9.93. The van der Waals surface area contributed by atoms with Crippen LogP contribution in [0.3, 0.4) is 0 Å². The summed E-state index contributed by atoms with van der Waals surface area (Å²) in [6, 6.07) is 6.60. The van der Waals surface area contributed by atoms with Crippen LogP contribution >= 0.6 is 0 Å². The summed E-state index contributed by atoms with van der Waals surface area (Å²) in [5, 5.41) is 0. The van der Waals surface area contributed by atoms with Gasteiger partial charge in [0.25, 0.3) is 5.91 Å². The molecular formula is C23H31FN2O2. The Labute approximate surface area is 167 Å². The average Bonchev–Trinajstić information content (AvgIpc) is 3.43. The van der Waals surface area contributed by atoms with Gasteiger partial charge in [0.1, 0.15) is 5.82 Å². The molecule has 1 aromatic carbocycles. The Hall–Kier alpha value is -1.91. The molecule has 1 saturated heterocycles. The molecule has 3 aliphatic rings. The number of amides is 2. The van der Waals surface area contributed by atoms with Gasteiger partial charge in [0.05, 0.1) is 0 Å². The van der Waals surface area contributed by atoms with E-state index in [9.17, 15) is 14.0 Å². The lowest BCUT2D eigenvalue weighted by Crippen LogP contribution is -2.50. The molecule has 1 aromatic rings. The van der Waals surface area contributed by atoms with Gasteiger partial charge in [0, 0.05) is 36.7 Å². The minimum absolute atomic E-state index is 0.0402. The third-order valence-electron chi connectivity index (χ3n) is 6.91. The van der Waals surface area contributed by atoms with Crippen LogP contribution in [0.4, 0.5) is 4.39 Å². The van der Waals surface area contributed by atoms with Gasteiger partial charge in [0.2, 0.25) is 5.91 Å². The molecule has 0 N–H and O–H groups in total. The molecule has 0 bridgehead atoms. The van der Waals surface area contributed by atoms with Crippen molar-refractivity contribution in [3.05, 3.63) is 35.6 Å². The maximum absolute atomic E-state index is 13.4. The van der Waals surface area contributed by atoms with Gasteiger partial charge in [-0.2, -0.15) is 0 Å². The molecule has 4 nitrogen and oxygen atoms in total. The molecule has 0 unspecified atom stereocenters. The summed E-state index contributed by atoms with van der Waals surface area (Å²) in [6.07, 6.45) is 11.1. The highest BCUT2D eigenvalue weighted by atomic mass is 19.1. The molecular weight excluding hydrogens is 355 g/mol. The largest absolute Gasteiger partial charge is 0.339 e. The Morgan fingerprint density at radius 2 is 1.32 bits per heavy atom. The topological polar surface area (TPSA) is 40.6 Å². The van der Waals surface area contributed by atoms with Crippen molar-refractivity contribution >= 4 is 11.8 Å². The van der Waals surface area contributed by atoms with E-state index in [-0.39, 0.29) is 17.6 Å². The van der Waals surface area contributed by atoms with Crippen molar-refractivity contribution in [2.24, 2.45) is 5.92 Å². The second-order valence-electron chi connectivity index (χ2n) is 8.70. The molecule has 1 aliphatic heterocycles. The molecule has 5 heteroatoms. The van der Waals surface area contributed by atoms with Crippen LogP contribution in [0.2, 0.25) is 0 Å². The normalized spacial score (nSPS) is 22.0. The number of carbonyl (C=O) groups is 2. The van der Waals surface area contributed by atoms with Crippen LogP contribution in [-0.2, 0) is 4.79 Å². The number of piperidine rings is 1. The molecule has 3 fully saturated rings. The van der Waals surface area contributed by atoms with E-state index in [0.29, 0.717) is 36.6 Å². The van der Waals surface area contributed by atoms with Crippen LogP contribution in [0.15, 0.2) is 24.3 Å². The predicted molar refractivity (Wildman–Crippen MR) is 106 cm³/mol. The number of hydrogen-bond donors (Lipinski definition) is 0. The highest BCUT2D eigenvalue weighted by molar-refractivity contribution is 5.94. The summed E-state index contributed by atoms with van der Waals surface area (Å²) >= 11 is 0. The first-order chi connectivity index (χ1) is 13.6. The van der Waals surface area contributed by atoms with Crippen LogP contribution in [-0.4, -0.2) is 46.8 Å². The molecule has 2 aliphatic carbocycles. The fraction of sp³-hybridized carbons (Fsp3) is 0.652. The third kappa shape index (κ3) is 4.08. The Kier molecular flexibility index (Phi) is 5.98. The van der Waals surface area contributed by atoms with Crippen LogP contribution in [0.25, 0.3) is 0 Å². The fourth-order valence-electron chi connectivity index (χ4n) is 5.34. The SMILES string of the molecule is O=C(c1ccc(F)cc1)N1CCC(C(=O)N(C2CCCC2)C2CCCC2)CC1. The van der Waals surface area contributed by atoms with Gasteiger partial charge in [-0.25, -0.2) is 4.39 Å². The first-order valence-corrected chi connectivity index (χ1v) is 11.0. The number of carbonyl (C=O) groups excluding carboxylic acids is 2. The summed E-state index contributed by atoms with van der Waals surface area (Å²) in [4.78, 5) is 30.2. The monoisotopic (exact) mass is 386 g/mol. The number of rotatable bonds is 4. The Morgan fingerprint density at radius 1 is 0.821 bits per heavy atom. The van der Waals surface area contributed by atoms with Gasteiger partial charge >= 0.3 is 0 Å². The number of benzene rings is 1. The molecule has 1 heterocycles. The van der Waals surface area contributed by atoms with Crippen LogP contribution < -0.4 is 0 Å². The van der Waals surface area contributed by atoms with E-state index in [1.54, 1.807) is 0 Å². The Bertz CT molecular complexity index is 669. The van der Waals surface area contributed by atoms with Crippen molar-refractivity contribution in [3.63, 3.8) is 0 Å². The van der Waals surface area contributed by atoms with E-state index in [2.05, 4.69) is 4.90 Å². The molecule has 0 atom stereocenters. The van der Waals surface area contributed by atoms with Gasteiger partial charge < -0.3 is 9.80 Å². The second-order valence-corrected chi connectivity index (χ2v) is 8.70. The molecule has 0 spiro atoms. The van der Waals surface area contributed by atoms with Gasteiger partial charge in [0.15, 0.2) is 0 Å². The lowest BCUT2D eigenvalue weighted by molar-refractivity contribution is -0.142. The molecule has 0 aromatic heterocycles. The number of nitrogens with zero attached hydrogens (tertiary/aromatic N) is 2. The summed E-state index contributed by atoms with van der Waals surface area (Å²) < 4.78 is 13.1. The maximum Gasteiger partial charge on any atom is 0.253 e.